The number of para-hydroxylation sites is 1. The van der Waals surface area contributed by atoms with E-state index in [9.17, 15) is 8.78 Å². The van der Waals surface area contributed by atoms with Crippen LogP contribution in [-0.4, -0.2) is 6.61 Å². The van der Waals surface area contributed by atoms with Crippen LogP contribution in [0, 0.1) is 0 Å². The first kappa shape index (κ1) is 14.2. The van der Waals surface area contributed by atoms with Crippen LogP contribution >= 0.6 is 22.9 Å². The summed E-state index contributed by atoms with van der Waals surface area (Å²) < 4.78 is 29.3. The molecule has 102 valence electrons. The summed E-state index contributed by atoms with van der Waals surface area (Å²) in [6.07, 6.45) is 0. The highest BCUT2D eigenvalue weighted by Crippen LogP contribution is 2.36. The second-order valence-corrected chi connectivity index (χ2v) is 5.00. The molecule has 1 aromatic carbocycles. The molecule has 0 radical (unpaired) electrons. The van der Waals surface area contributed by atoms with Gasteiger partial charge in [0.25, 0.3) is 0 Å². The first-order valence-corrected chi connectivity index (χ1v) is 6.62. The van der Waals surface area contributed by atoms with Gasteiger partial charge in [-0.05, 0) is 17.5 Å². The van der Waals surface area contributed by atoms with Gasteiger partial charge >= 0.3 is 6.61 Å². The van der Waals surface area contributed by atoms with Crippen molar-refractivity contribution >= 4 is 22.9 Å². The molecule has 2 aromatic rings. The van der Waals surface area contributed by atoms with Crippen LogP contribution in [0.1, 0.15) is 16.5 Å². The van der Waals surface area contributed by atoms with E-state index < -0.39 is 12.7 Å². The van der Waals surface area contributed by atoms with Gasteiger partial charge in [0.15, 0.2) is 0 Å². The minimum Gasteiger partial charge on any atom is -0.434 e. The van der Waals surface area contributed by atoms with E-state index in [0.717, 1.165) is 4.88 Å². The van der Waals surface area contributed by atoms with Gasteiger partial charge in [0.1, 0.15) is 5.75 Å². The van der Waals surface area contributed by atoms with E-state index in [1.54, 1.807) is 29.6 Å². The monoisotopic (exact) mass is 304 g/mol. The van der Waals surface area contributed by atoms with Crippen LogP contribution in [0.3, 0.4) is 0 Å². The molecule has 0 fully saturated rings. The highest BCUT2D eigenvalue weighted by molar-refractivity contribution is 7.10. The van der Waals surface area contributed by atoms with Crippen molar-refractivity contribution in [1.82, 2.24) is 5.43 Å². The van der Waals surface area contributed by atoms with Gasteiger partial charge in [0, 0.05) is 10.4 Å². The summed E-state index contributed by atoms with van der Waals surface area (Å²) in [5.74, 6) is 5.59. The summed E-state index contributed by atoms with van der Waals surface area (Å²) in [7, 11) is 0. The zero-order valence-corrected chi connectivity index (χ0v) is 11.2. The second-order valence-electron chi connectivity index (χ2n) is 3.65. The molecular formula is C12H11ClF2N2OS. The van der Waals surface area contributed by atoms with Crippen molar-refractivity contribution in [2.75, 3.05) is 0 Å². The summed E-state index contributed by atoms with van der Waals surface area (Å²) in [5.41, 5.74) is 3.09. The Morgan fingerprint density at radius 1 is 1.26 bits per heavy atom. The summed E-state index contributed by atoms with van der Waals surface area (Å²) in [6.45, 7) is -2.89. The number of hydrogen-bond donors (Lipinski definition) is 2. The molecule has 1 atom stereocenters. The van der Waals surface area contributed by atoms with Crippen LogP contribution < -0.4 is 16.0 Å². The van der Waals surface area contributed by atoms with E-state index in [1.165, 1.54) is 17.4 Å². The number of nitrogens with two attached hydrogens (primary N) is 1. The predicted molar refractivity (Wildman–Crippen MR) is 71.6 cm³/mol. The quantitative estimate of drug-likeness (QED) is 0.656. The number of hydrazine groups is 1. The number of nitrogens with one attached hydrogen (secondary N) is 1. The summed E-state index contributed by atoms with van der Waals surface area (Å²) in [6, 6.07) is 7.70. The number of ether oxygens (including phenoxy) is 1. The fourth-order valence-electron chi connectivity index (χ4n) is 1.74. The minimum absolute atomic E-state index is 0.0740. The molecule has 3 nitrogen and oxygen atoms in total. The van der Waals surface area contributed by atoms with Gasteiger partial charge in [-0.15, -0.1) is 11.3 Å². The predicted octanol–water partition coefficient (Wildman–Crippen LogP) is 3.56. The van der Waals surface area contributed by atoms with E-state index in [0.29, 0.717) is 10.6 Å². The van der Waals surface area contributed by atoms with E-state index in [1.807, 2.05) is 0 Å². The largest absolute Gasteiger partial charge is 0.434 e. The normalized spacial score (nSPS) is 12.7. The van der Waals surface area contributed by atoms with Gasteiger partial charge in [0.2, 0.25) is 0 Å². The average Bonchev–Trinajstić information content (AvgIpc) is 2.78. The SMILES string of the molecule is NNC(c1ccccc1OC(F)F)c1sccc1Cl. The molecule has 7 heteroatoms. The van der Waals surface area contributed by atoms with E-state index in [-0.39, 0.29) is 5.75 Å². The van der Waals surface area contributed by atoms with Gasteiger partial charge in [0.05, 0.1) is 11.1 Å². The zero-order valence-electron chi connectivity index (χ0n) is 9.65. The van der Waals surface area contributed by atoms with Crippen LogP contribution in [0.2, 0.25) is 5.02 Å². The lowest BCUT2D eigenvalue weighted by Gasteiger charge is -2.19. The fourth-order valence-corrected chi connectivity index (χ4v) is 2.98. The topological polar surface area (TPSA) is 47.3 Å². The maximum atomic E-state index is 12.4. The van der Waals surface area contributed by atoms with Gasteiger partial charge in [-0.3, -0.25) is 5.84 Å². The van der Waals surface area contributed by atoms with Gasteiger partial charge < -0.3 is 4.74 Å². The number of halogens is 3. The lowest BCUT2D eigenvalue weighted by molar-refractivity contribution is -0.0506. The Labute approximate surface area is 117 Å². The second kappa shape index (κ2) is 6.29. The van der Waals surface area contributed by atoms with Gasteiger partial charge in [-0.1, -0.05) is 29.8 Å². The Morgan fingerprint density at radius 3 is 2.58 bits per heavy atom. The Hall–Kier alpha value is -1.21. The molecule has 0 spiro atoms. The van der Waals surface area contributed by atoms with E-state index in [2.05, 4.69) is 10.2 Å². The molecule has 0 saturated carbocycles. The highest BCUT2D eigenvalue weighted by atomic mass is 35.5. The van der Waals surface area contributed by atoms with Gasteiger partial charge in [-0.2, -0.15) is 8.78 Å². The Morgan fingerprint density at radius 2 is 2.00 bits per heavy atom. The molecule has 1 heterocycles. The summed E-state index contributed by atoms with van der Waals surface area (Å²) >= 11 is 7.43. The lowest BCUT2D eigenvalue weighted by atomic mass is 10.0. The maximum absolute atomic E-state index is 12.4. The Balaban J connectivity index is 2.41. The molecule has 0 bridgehead atoms. The standard InChI is InChI=1S/C12H11ClF2N2OS/c13-8-5-6-19-11(8)10(17-16)7-3-1-2-4-9(7)18-12(14)15/h1-6,10,12,17H,16H2. The lowest BCUT2D eigenvalue weighted by Crippen LogP contribution is -2.29. The first-order chi connectivity index (χ1) is 9.13. The van der Waals surface area contributed by atoms with Crippen molar-refractivity contribution < 1.29 is 13.5 Å². The number of rotatable bonds is 5. The smallest absolute Gasteiger partial charge is 0.387 e. The molecule has 1 aromatic heterocycles. The Bertz CT molecular complexity index is 550. The van der Waals surface area contributed by atoms with E-state index >= 15 is 0 Å². The molecular weight excluding hydrogens is 294 g/mol. The maximum Gasteiger partial charge on any atom is 0.387 e. The molecule has 0 aliphatic heterocycles. The third kappa shape index (κ3) is 3.22. The molecule has 19 heavy (non-hydrogen) atoms. The Kier molecular flexibility index (Phi) is 4.71. The fraction of sp³-hybridized carbons (Fsp3) is 0.167. The number of hydrogen-bond acceptors (Lipinski definition) is 4. The van der Waals surface area contributed by atoms with Crippen LogP contribution in [-0.2, 0) is 0 Å². The molecule has 3 N–H and O–H groups in total. The molecule has 0 aliphatic rings. The van der Waals surface area contributed by atoms with Gasteiger partial charge in [-0.25, -0.2) is 5.43 Å². The molecule has 0 saturated heterocycles. The third-order valence-corrected chi connectivity index (χ3v) is 3.94. The van der Waals surface area contributed by atoms with Crippen molar-refractivity contribution in [2.45, 2.75) is 12.7 Å². The zero-order chi connectivity index (χ0) is 13.8. The molecule has 2 rings (SSSR count). The summed E-state index contributed by atoms with van der Waals surface area (Å²) in [4.78, 5) is 0.745. The van der Waals surface area contributed by atoms with Crippen molar-refractivity contribution in [3.8, 4) is 5.75 Å². The van der Waals surface area contributed by atoms with Crippen LogP contribution in [0.4, 0.5) is 8.78 Å². The third-order valence-electron chi connectivity index (χ3n) is 2.52. The number of benzene rings is 1. The van der Waals surface area contributed by atoms with Crippen LogP contribution in [0.15, 0.2) is 35.7 Å². The molecule has 1 unspecified atom stereocenters. The van der Waals surface area contributed by atoms with Crippen molar-refractivity contribution in [3.05, 3.63) is 51.2 Å². The number of alkyl halides is 2. The number of thiophene rings is 1. The highest BCUT2D eigenvalue weighted by Gasteiger charge is 2.21. The molecule has 0 amide bonds. The van der Waals surface area contributed by atoms with Crippen LogP contribution in [0.5, 0.6) is 5.75 Å². The van der Waals surface area contributed by atoms with Crippen molar-refractivity contribution in [3.63, 3.8) is 0 Å². The van der Waals surface area contributed by atoms with Crippen LogP contribution in [0.25, 0.3) is 0 Å². The minimum atomic E-state index is -2.89. The summed E-state index contributed by atoms with van der Waals surface area (Å²) in [5, 5.41) is 2.33. The average molecular weight is 305 g/mol. The van der Waals surface area contributed by atoms with Crippen molar-refractivity contribution in [1.29, 1.82) is 0 Å². The van der Waals surface area contributed by atoms with E-state index in [4.69, 9.17) is 17.4 Å². The van der Waals surface area contributed by atoms with Crippen molar-refractivity contribution in [2.24, 2.45) is 5.84 Å². The molecule has 0 aliphatic carbocycles. The first-order valence-electron chi connectivity index (χ1n) is 5.36.